The lowest BCUT2D eigenvalue weighted by molar-refractivity contribution is -0.139. The molecule has 0 aromatic heterocycles. The maximum Gasteiger partial charge on any atom is 0.417 e. The van der Waals surface area contributed by atoms with E-state index in [4.69, 9.17) is 28.3 Å². The lowest BCUT2D eigenvalue weighted by Crippen LogP contribution is -2.46. The number of hydrogen-bond acceptors (Lipinski definition) is 5. The van der Waals surface area contributed by atoms with E-state index in [9.17, 15) is 34.8 Å². The van der Waals surface area contributed by atoms with Crippen LogP contribution in [-0.4, -0.2) is 51.3 Å². The number of rotatable bonds is 7. The number of carboxylic acids is 1. The first kappa shape index (κ1) is 30.3. The van der Waals surface area contributed by atoms with Crippen LogP contribution >= 0.6 is 23.2 Å². The Morgan fingerprint density at radius 1 is 0.950 bits per heavy atom. The van der Waals surface area contributed by atoms with Crippen LogP contribution in [0.15, 0.2) is 70.5 Å². The van der Waals surface area contributed by atoms with E-state index in [2.05, 4.69) is 4.72 Å². The molecule has 4 rings (SSSR count). The van der Waals surface area contributed by atoms with Crippen LogP contribution in [0.3, 0.4) is 0 Å². The minimum Gasteiger partial charge on any atom is -0.478 e. The summed E-state index contributed by atoms with van der Waals surface area (Å²) in [4.78, 5) is 9.98. The van der Waals surface area contributed by atoms with Gasteiger partial charge in [0.25, 0.3) is 0 Å². The van der Waals surface area contributed by atoms with Gasteiger partial charge in [-0.05, 0) is 66.9 Å². The summed E-state index contributed by atoms with van der Waals surface area (Å²) in [7, 11) is -8.75. The smallest absolute Gasteiger partial charge is 0.417 e. The largest absolute Gasteiger partial charge is 0.478 e. The molecule has 0 amide bonds. The van der Waals surface area contributed by atoms with E-state index in [1.165, 1.54) is 42.5 Å². The fourth-order valence-corrected chi connectivity index (χ4v) is 7.74. The Bertz CT molecular complexity index is 1670. The van der Waals surface area contributed by atoms with Gasteiger partial charge in [-0.1, -0.05) is 35.3 Å². The number of sulfonamides is 2. The number of aromatic carboxylic acids is 1. The lowest BCUT2D eigenvalue weighted by atomic mass is 10.0. The number of benzene rings is 3. The van der Waals surface area contributed by atoms with Crippen LogP contribution in [-0.2, 0) is 26.2 Å². The molecule has 3 aromatic rings. The number of piperidine rings is 1. The maximum atomic E-state index is 14.0. The first-order chi connectivity index (χ1) is 18.6. The van der Waals surface area contributed by atoms with Gasteiger partial charge in [0.05, 0.1) is 20.9 Å². The number of nitrogens with one attached hydrogen (secondary N) is 1. The lowest BCUT2D eigenvalue weighted by Gasteiger charge is -2.31. The van der Waals surface area contributed by atoms with Crippen molar-refractivity contribution in [2.75, 3.05) is 13.1 Å². The van der Waals surface area contributed by atoms with Crippen molar-refractivity contribution >= 4 is 49.2 Å². The minimum atomic E-state index is -5.02. The fourth-order valence-electron chi connectivity index (χ4n) is 4.31. The highest BCUT2D eigenvalue weighted by Gasteiger charge is 2.39. The Hall–Kier alpha value is -2.68. The highest BCUT2D eigenvalue weighted by atomic mass is 35.5. The van der Waals surface area contributed by atoms with Crippen LogP contribution in [0.25, 0.3) is 11.1 Å². The van der Waals surface area contributed by atoms with Crippen molar-refractivity contribution in [2.45, 2.75) is 34.9 Å². The van der Waals surface area contributed by atoms with Crippen molar-refractivity contribution < 1.29 is 39.9 Å². The second-order valence-corrected chi connectivity index (χ2v) is 13.4. The average molecular weight is 637 g/mol. The molecular weight excluding hydrogens is 616 g/mol. The topological polar surface area (TPSA) is 121 Å². The third-order valence-corrected chi connectivity index (χ3v) is 10.3. The summed E-state index contributed by atoms with van der Waals surface area (Å²) in [6.07, 6.45) is -5.06. The Labute approximate surface area is 238 Å². The summed E-state index contributed by atoms with van der Waals surface area (Å²) < 4.78 is 97.5. The molecule has 40 heavy (non-hydrogen) atoms. The van der Waals surface area contributed by atoms with Crippen molar-refractivity contribution in [2.24, 2.45) is 0 Å². The third kappa shape index (κ3) is 6.45. The Morgan fingerprint density at radius 3 is 2.25 bits per heavy atom. The van der Waals surface area contributed by atoms with Gasteiger partial charge >= 0.3 is 12.1 Å². The van der Waals surface area contributed by atoms with E-state index in [-0.39, 0.29) is 57.6 Å². The summed E-state index contributed by atoms with van der Waals surface area (Å²) in [5, 5.41) is 9.49. The molecular formula is C25H21Cl2F3N2O6S2. The van der Waals surface area contributed by atoms with E-state index in [0.29, 0.717) is 6.07 Å². The first-order valence-electron chi connectivity index (χ1n) is 11.6. The molecule has 0 aliphatic carbocycles. The molecule has 1 fully saturated rings. The van der Waals surface area contributed by atoms with Gasteiger partial charge in [0.15, 0.2) is 0 Å². The zero-order valence-corrected chi connectivity index (χ0v) is 23.5. The first-order valence-corrected chi connectivity index (χ1v) is 15.3. The Balaban J connectivity index is 1.54. The molecule has 1 heterocycles. The molecule has 1 aliphatic rings. The average Bonchev–Trinajstić information content (AvgIpc) is 2.89. The van der Waals surface area contributed by atoms with E-state index < -0.39 is 48.7 Å². The fraction of sp³-hybridized carbons (Fsp3) is 0.240. The molecule has 1 saturated heterocycles. The molecule has 0 spiro atoms. The molecule has 0 atom stereocenters. The quantitative estimate of drug-likeness (QED) is 0.353. The van der Waals surface area contributed by atoms with Crippen LogP contribution in [0, 0.1) is 0 Å². The van der Waals surface area contributed by atoms with E-state index >= 15 is 0 Å². The molecule has 0 bridgehead atoms. The predicted octanol–water partition coefficient (Wildman–Crippen LogP) is 5.51. The number of hydrogen-bond donors (Lipinski definition) is 2. The summed E-state index contributed by atoms with van der Waals surface area (Å²) in [5.74, 6) is -1.30. The molecule has 8 nitrogen and oxygen atoms in total. The van der Waals surface area contributed by atoms with E-state index in [1.807, 2.05) is 0 Å². The molecule has 0 saturated carbocycles. The predicted molar refractivity (Wildman–Crippen MR) is 142 cm³/mol. The molecule has 214 valence electrons. The van der Waals surface area contributed by atoms with Gasteiger partial charge in [-0.25, -0.2) is 26.4 Å². The standard InChI is InChI=1S/C25H21Cl2F3N2O6S2/c26-17-5-6-22(27)20(14-17)15-4-7-23(21(13-15)25(28,29)30)39(35,36)31-18-8-10-32(11-9-18)40(37,38)19-3-1-2-16(12-19)24(33)34/h1-7,12-14,18,31H,8-11H2,(H,33,34). The van der Waals surface area contributed by atoms with Gasteiger partial charge in [-0.15, -0.1) is 0 Å². The summed E-state index contributed by atoms with van der Waals surface area (Å²) >= 11 is 12.1. The van der Waals surface area contributed by atoms with Crippen molar-refractivity contribution in [3.63, 3.8) is 0 Å². The van der Waals surface area contributed by atoms with Crippen molar-refractivity contribution in [1.82, 2.24) is 9.03 Å². The van der Waals surface area contributed by atoms with Crippen LogP contribution < -0.4 is 4.72 Å². The summed E-state index contributed by atoms with van der Waals surface area (Å²) in [5.41, 5.74) is -1.40. The molecule has 0 unspecified atom stereocenters. The second kappa shape index (κ2) is 11.3. The highest BCUT2D eigenvalue weighted by molar-refractivity contribution is 7.89. The molecule has 15 heteroatoms. The SMILES string of the molecule is O=C(O)c1cccc(S(=O)(=O)N2CCC(NS(=O)(=O)c3ccc(-c4cc(Cl)ccc4Cl)cc3C(F)(F)F)CC2)c1. The van der Waals surface area contributed by atoms with Crippen molar-refractivity contribution in [3.05, 3.63) is 81.8 Å². The molecule has 2 N–H and O–H groups in total. The van der Waals surface area contributed by atoms with Crippen LogP contribution in [0.1, 0.15) is 28.8 Å². The molecule has 1 aliphatic heterocycles. The normalized spacial score (nSPS) is 15.7. The number of alkyl halides is 3. The molecule has 3 aromatic carbocycles. The number of carbonyl (C=O) groups is 1. The van der Waals surface area contributed by atoms with Crippen molar-refractivity contribution in [1.29, 1.82) is 0 Å². The highest BCUT2D eigenvalue weighted by Crippen LogP contribution is 2.39. The van der Waals surface area contributed by atoms with Crippen LogP contribution in [0.4, 0.5) is 13.2 Å². The van der Waals surface area contributed by atoms with Crippen LogP contribution in [0.2, 0.25) is 10.0 Å². The zero-order valence-electron chi connectivity index (χ0n) is 20.3. The third-order valence-electron chi connectivity index (χ3n) is 6.31. The summed E-state index contributed by atoms with van der Waals surface area (Å²) in [6, 6.07) is 10.9. The molecule has 0 radical (unpaired) electrons. The number of nitrogens with zero attached hydrogens (tertiary/aromatic N) is 1. The zero-order chi connectivity index (χ0) is 29.5. The van der Waals surface area contributed by atoms with E-state index in [0.717, 1.165) is 16.4 Å². The van der Waals surface area contributed by atoms with Gasteiger partial charge in [0.1, 0.15) is 0 Å². The van der Waals surface area contributed by atoms with Gasteiger partial charge < -0.3 is 5.11 Å². The summed E-state index contributed by atoms with van der Waals surface area (Å²) in [6.45, 7) is -0.268. The van der Waals surface area contributed by atoms with E-state index in [1.54, 1.807) is 0 Å². The maximum absolute atomic E-state index is 14.0. The van der Waals surface area contributed by atoms with Gasteiger partial charge in [0.2, 0.25) is 20.0 Å². The second-order valence-electron chi connectivity index (χ2n) is 8.97. The minimum absolute atomic E-state index is 0.0178. The Kier molecular flexibility index (Phi) is 8.56. The van der Waals surface area contributed by atoms with Gasteiger partial charge in [-0.3, -0.25) is 0 Å². The van der Waals surface area contributed by atoms with Gasteiger partial charge in [-0.2, -0.15) is 17.5 Å². The number of carboxylic acid groups (broad SMARTS) is 1. The monoisotopic (exact) mass is 636 g/mol. The Morgan fingerprint density at radius 2 is 1.62 bits per heavy atom. The van der Waals surface area contributed by atoms with Gasteiger partial charge in [0, 0.05) is 34.7 Å². The number of halogens is 5. The van der Waals surface area contributed by atoms with Crippen molar-refractivity contribution in [3.8, 4) is 11.1 Å². The van der Waals surface area contributed by atoms with Crippen LogP contribution in [0.5, 0.6) is 0 Å².